The Hall–Kier alpha value is -0.610. The maximum atomic E-state index is 11.7. The van der Waals surface area contributed by atoms with E-state index in [1.165, 1.54) is 0 Å². The molecule has 4 nitrogen and oxygen atoms in total. The third kappa shape index (κ3) is 3.64. The lowest BCUT2D eigenvalue weighted by molar-refractivity contribution is -0.133. The molecule has 0 aromatic heterocycles. The van der Waals surface area contributed by atoms with E-state index >= 15 is 0 Å². The molecule has 1 fully saturated rings. The maximum absolute atomic E-state index is 11.7. The van der Waals surface area contributed by atoms with E-state index in [0.29, 0.717) is 19.7 Å². The number of ether oxygens (including phenoxy) is 1. The van der Waals surface area contributed by atoms with Crippen LogP contribution in [-0.4, -0.2) is 49.3 Å². The van der Waals surface area contributed by atoms with Gasteiger partial charge in [0.05, 0.1) is 6.61 Å². The molecular weight excluding hydrogens is 182 g/mol. The Morgan fingerprint density at radius 2 is 2.21 bits per heavy atom. The Balaban J connectivity index is 2.25. The zero-order valence-electron chi connectivity index (χ0n) is 8.74. The lowest BCUT2D eigenvalue weighted by atomic mass is 10.3. The average molecular weight is 201 g/mol. The lowest BCUT2D eigenvalue weighted by Crippen LogP contribution is -2.35. The molecule has 0 radical (unpaired) electrons. The molecule has 0 heterocycles. The summed E-state index contributed by atoms with van der Waals surface area (Å²) < 4.78 is 4.93. The predicted octanol–water partition coefficient (Wildman–Crippen LogP) is 0.254. The first-order chi connectivity index (χ1) is 6.79. The van der Waals surface area contributed by atoms with Gasteiger partial charge in [0.15, 0.2) is 0 Å². The summed E-state index contributed by atoms with van der Waals surface area (Å²) in [5, 5.41) is 8.82. The van der Waals surface area contributed by atoms with Crippen molar-refractivity contribution in [2.45, 2.75) is 19.3 Å². The van der Waals surface area contributed by atoms with Crippen LogP contribution in [0.15, 0.2) is 0 Å². The van der Waals surface area contributed by atoms with Crippen molar-refractivity contribution in [3.63, 3.8) is 0 Å². The summed E-state index contributed by atoms with van der Waals surface area (Å²) >= 11 is 0. The minimum Gasteiger partial charge on any atom is -0.395 e. The van der Waals surface area contributed by atoms with Crippen molar-refractivity contribution < 1.29 is 14.6 Å². The monoisotopic (exact) mass is 201 g/mol. The van der Waals surface area contributed by atoms with E-state index in [4.69, 9.17) is 9.84 Å². The van der Waals surface area contributed by atoms with Crippen LogP contribution in [-0.2, 0) is 9.53 Å². The number of carbonyl (C=O) groups is 1. The van der Waals surface area contributed by atoms with E-state index in [9.17, 15) is 4.79 Å². The zero-order valence-corrected chi connectivity index (χ0v) is 8.74. The fourth-order valence-electron chi connectivity index (χ4n) is 1.44. The van der Waals surface area contributed by atoms with Gasteiger partial charge in [-0.05, 0) is 19.3 Å². The molecule has 14 heavy (non-hydrogen) atoms. The van der Waals surface area contributed by atoms with Crippen LogP contribution in [0.2, 0.25) is 0 Å². The van der Waals surface area contributed by atoms with Crippen molar-refractivity contribution in [3.8, 4) is 0 Å². The van der Waals surface area contributed by atoms with Gasteiger partial charge in [0, 0.05) is 32.7 Å². The molecular formula is C10H19NO3. The molecule has 1 N–H and O–H groups in total. The first-order valence-corrected chi connectivity index (χ1v) is 5.18. The first-order valence-electron chi connectivity index (χ1n) is 5.18. The molecule has 0 saturated heterocycles. The number of carbonyl (C=O) groups excluding carboxylic acids is 1. The van der Waals surface area contributed by atoms with E-state index in [-0.39, 0.29) is 18.4 Å². The molecule has 0 aromatic rings. The highest BCUT2D eigenvalue weighted by Crippen LogP contribution is 2.30. The molecule has 1 amide bonds. The number of aliphatic hydroxyl groups excluding tert-OH is 1. The number of hydrogen-bond donors (Lipinski definition) is 1. The van der Waals surface area contributed by atoms with Gasteiger partial charge in [0.25, 0.3) is 0 Å². The summed E-state index contributed by atoms with van der Waals surface area (Å²) in [6, 6.07) is 0. The van der Waals surface area contributed by atoms with E-state index in [0.717, 1.165) is 19.3 Å². The smallest absolute Gasteiger partial charge is 0.225 e. The SMILES string of the molecule is COCCCN(CCO)C(=O)C1CC1. The number of rotatable bonds is 7. The summed E-state index contributed by atoms with van der Waals surface area (Å²) in [4.78, 5) is 13.4. The number of methoxy groups -OCH3 is 1. The molecule has 4 heteroatoms. The Labute approximate surface area is 84.8 Å². The second kappa shape index (κ2) is 5.98. The van der Waals surface area contributed by atoms with Gasteiger partial charge < -0.3 is 14.7 Å². The fourth-order valence-corrected chi connectivity index (χ4v) is 1.44. The minimum atomic E-state index is 0.0471. The van der Waals surface area contributed by atoms with Crippen molar-refractivity contribution in [2.75, 3.05) is 33.4 Å². The van der Waals surface area contributed by atoms with E-state index in [1.54, 1.807) is 12.0 Å². The second-order valence-corrected chi connectivity index (χ2v) is 3.67. The molecule has 0 aliphatic heterocycles. The van der Waals surface area contributed by atoms with E-state index in [2.05, 4.69) is 0 Å². The largest absolute Gasteiger partial charge is 0.395 e. The second-order valence-electron chi connectivity index (χ2n) is 3.67. The highest BCUT2D eigenvalue weighted by molar-refractivity contribution is 5.81. The summed E-state index contributed by atoms with van der Waals surface area (Å²) in [6.07, 6.45) is 2.88. The average Bonchev–Trinajstić information content (AvgIpc) is 2.99. The predicted molar refractivity (Wildman–Crippen MR) is 52.9 cm³/mol. The number of aliphatic hydroxyl groups is 1. The van der Waals surface area contributed by atoms with Crippen LogP contribution in [0.5, 0.6) is 0 Å². The van der Waals surface area contributed by atoms with Crippen molar-refractivity contribution in [1.82, 2.24) is 4.90 Å². The number of hydrogen-bond acceptors (Lipinski definition) is 3. The third-order valence-electron chi connectivity index (χ3n) is 2.38. The van der Waals surface area contributed by atoms with Gasteiger partial charge in [0.2, 0.25) is 5.91 Å². The normalized spacial score (nSPS) is 15.6. The van der Waals surface area contributed by atoms with E-state index < -0.39 is 0 Å². The van der Waals surface area contributed by atoms with Crippen LogP contribution < -0.4 is 0 Å². The Kier molecular flexibility index (Phi) is 4.90. The van der Waals surface area contributed by atoms with Gasteiger partial charge in [-0.25, -0.2) is 0 Å². The van der Waals surface area contributed by atoms with Crippen LogP contribution in [0.3, 0.4) is 0 Å². The van der Waals surface area contributed by atoms with Crippen molar-refractivity contribution >= 4 is 5.91 Å². The topological polar surface area (TPSA) is 49.8 Å². The molecule has 82 valence electrons. The van der Waals surface area contributed by atoms with Gasteiger partial charge in [-0.1, -0.05) is 0 Å². The van der Waals surface area contributed by atoms with Crippen molar-refractivity contribution in [2.24, 2.45) is 5.92 Å². The molecule has 1 saturated carbocycles. The quantitative estimate of drug-likeness (QED) is 0.601. The van der Waals surface area contributed by atoms with Crippen LogP contribution in [0, 0.1) is 5.92 Å². The summed E-state index contributed by atoms with van der Waals surface area (Å²) in [5.74, 6) is 0.444. The van der Waals surface area contributed by atoms with Crippen molar-refractivity contribution in [1.29, 1.82) is 0 Å². The zero-order chi connectivity index (χ0) is 10.4. The van der Waals surface area contributed by atoms with Gasteiger partial charge >= 0.3 is 0 Å². The summed E-state index contributed by atoms with van der Waals surface area (Å²) in [5.41, 5.74) is 0. The highest BCUT2D eigenvalue weighted by Gasteiger charge is 2.32. The van der Waals surface area contributed by atoms with Crippen LogP contribution in [0.4, 0.5) is 0 Å². The van der Waals surface area contributed by atoms with Crippen LogP contribution in [0.1, 0.15) is 19.3 Å². The first kappa shape index (κ1) is 11.5. The lowest BCUT2D eigenvalue weighted by Gasteiger charge is -2.21. The third-order valence-corrected chi connectivity index (χ3v) is 2.38. The number of amides is 1. The summed E-state index contributed by atoms with van der Waals surface area (Å²) in [6.45, 7) is 1.87. The maximum Gasteiger partial charge on any atom is 0.225 e. The molecule has 0 bridgehead atoms. The molecule has 1 aliphatic carbocycles. The van der Waals surface area contributed by atoms with Gasteiger partial charge in [-0.2, -0.15) is 0 Å². The molecule has 0 aromatic carbocycles. The summed E-state index contributed by atoms with van der Waals surface area (Å²) in [7, 11) is 1.65. The highest BCUT2D eigenvalue weighted by atomic mass is 16.5. The van der Waals surface area contributed by atoms with Gasteiger partial charge in [0.1, 0.15) is 0 Å². The Morgan fingerprint density at radius 3 is 2.71 bits per heavy atom. The molecule has 0 spiro atoms. The molecule has 0 unspecified atom stereocenters. The molecule has 0 atom stereocenters. The number of nitrogens with zero attached hydrogens (tertiary/aromatic N) is 1. The minimum absolute atomic E-state index is 0.0471. The Bertz CT molecular complexity index is 180. The van der Waals surface area contributed by atoms with Crippen LogP contribution >= 0.6 is 0 Å². The van der Waals surface area contributed by atoms with Gasteiger partial charge in [-0.3, -0.25) is 4.79 Å². The van der Waals surface area contributed by atoms with E-state index in [1.807, 2.05) is 0 Å². The van der Waals surface area contributed by atoms with Gasteiger partial charge in [-0.15, -0.1) is 0 Å². The molecule has 1 rings (SSSR count). The Morgan fingerprint density at radius 1 is 1.50 bits per heavy atom. The molecule has 1 aliphatic rings. The standard InChI is InChI=1S/C10H19NO3/c1-14-8-2-5-11(6-7-12)10(13)9-3-4-9/h9,12H,2-8H2,1H3. The van der Waals surface area contributed by atoms with Crippen LogP contribution in [0.25, 0.3) is 0 Å². The van der Waals surface area contributed by atoms with Crippen molar-refractivity contribution in [3.05, 3.63) is 0 Å². The fraction of sp³-hybridized carbons (Fsp3) is 0.900.